The highest BCUT2D eigenvalue weighted by atomic mass is 16.5. The van der Waals surface area contributed by atoms with Crippen molar-refractivity contribution in [2.75, 3.05) is 13.2 Å². The molecule has 0 saturated heterocycles. The van der Waals surface area contributed by atoms with E-state index in [1.54, 1.807) is 6.26 Å². The van der Waals surface area contributed by atoms with Gasteiger partial charge < -0.3 is 19.6 Å². The summed E-state index contributed by atoms with van der Waals surface area (Å²) in [6.45, 7) is 4.03. The first-order valence-electron chi connectivity index (χ1n) is 6.79. The van der Waals surface area contributed by atoms with Gasteiger partial charge >= 0.3 is 0 Å². The molecule has 0 radical (unpaired) electrons. The normalized spacial score (nSPS) is 12.5. The summed E-state index contributed by atoms with van der Waals surface area (Å²) in [7, 11) is 0. The second-order valence-corrected chi connectivity index (χ2v) is 4.81. The van der Waals surface area contributed by atoms with E-state index in [1.807, 2.05) is 24.3 Å². The number of hydrogen-bond donors (Lipinski definition) is 2. The molecule has 1 heterocycles. The van der Waals surface area contributed by atoms with E-state index in [0.717, 1.165) is 12.3 Å². The Labute approximate surface area is 119 Å². The number of aryl methyl sites for hydroxylation is 1. The van der Waals surface area contributed by atoms with Gasteiger partial charge in [-0.1, -0.05) is 24.3 Å². The molecule has 0 saturated carbocycles. The van der Waals surface area contributed by atoms with E-state index in [4.69, 9.17) is 9.15 Å². The van der Waals surface area contributed by atoms with Gasteiger partial charge in [0.1, 0.15) is 12.4 Å². The molecular weight excluding hydrogens is 254 g/mol. The molecule has 1 unspecified atom stereocenters. The van der Waals surface area contributed by atoms with Crippen LogP contribution in [0.3, 0.4) is 0 Å². The molecule has 2 rings (SSSR count). The van der Waals surface area contributed by atoms with Crippen LogP contribution < -0.4 is 5.32 Å². The number of nitrogens with one attached hydrogen (secondary N) is 1. The smallest absolute Gasteiger partial charge is 0.129 e. The Morgan fingerprint density at radius 2 is 2.10 bits per heavy atom. The topological polar surface area (TPSA) is 54.6 Å². The van der Waals surface area contributed by atoms with Crippen LogP contribution in [0.1, 0.15) is 16.9 Å². The lowest BCUT2D eigenvalue weighted by atomic mass is 10.1. The van der Waals surface area contributed by atoms with Crippen LogP contribution in [0.2, 0.25) is 0 Å². The summed E-state index contributed by atoms with van der Waals surface area (Å²) in [6.07, 6.45) is 1.09. The number of rotatable bonds is 8. The molecule has 1 aromatic heterocycles. The van der Waals surface area contributed by atoms with E-state index in [0.29, 0.717) is 19.8 Å². The standard InChI is InChI=1S/C16H21NO3/c1-13-5-2-3-6-14(13)9-17-10-15(18)11-19-12-16-7-4-8-20-16/h2-8,15,17-18H,9-12H2,1H3. The second-order valence-electron chi connectivity index (χ2n) is 4.81. The fourth-order valence-electron chi connectivity index (χ4n) is 1.93. The highest BCUT2D eigenvalue weighted by molar-refractivity contribution is 5.25. The minimum absolute atomic E-state index is 0.293. The van der Waals surface area contributed by atoms with Gasteiger partial charge in [-0.2, -0.15) is 0 Å². The molecule has 1 aromatic carbocycles. The molecule has 2 N–H and O–H groups in total. The van der Waals surface area contributed by atoms with E-state index in [1.165, 1.54) is 11.1 Å². The molecule has 0 fully saturated rings. The summed E-state index contributed by atoms with van der Waals surface area (Å²) >= 11 is 0. The Morgan fingerprint density at radius 3 is 2.85 bits per heavy atom. The molecule has 4 heteroatoms. The van der Waals surface area contributed by atoms with Gasteiger partial charge in [-0.15, -0.1) is 0 Å². The summed E-state index contributed by atoms with van der Waals surface area (Å²) in [5, 5.41) is 13.0. The molecule has 108 valence electrons. The van der Waals surface area contributed by atoms with Gasteiger partial charge in [-0.25, -0.2) is 0 Å². The number of ether oxygens (including phenoxy) is 1. The molecule has 4 nitrogen and oxygen atoms in total. The number of hydrogen-bond acceptors (Lipinski definition) is 4. The fraction of sp³-hybridized carbons (Fsp3) is 0.375. The molecule has 0 spiro atoms. The molecule has 2 aromatic rings. The van der Waals surface area contributed by atoms with E-state index in [-0.39, 0.29) is 0 Å². The number of aliphatic hydroxyl groups excluding tert-OH is 1. The Kier molecular flexibility index (Phi) is 5.80. The van der Waals surface area contributed by atoms with E-state index >= 15 is 0 Å². The summed E-state index contributed by atoms with van der Waals surface area (Å²) in [5.41, 5.74) is 2.50. The van der Waals surface area contributed by atoms with Crippen LogP contribution >= 0.6 is 0 Å². The van der Waals surface area contributed by atoms with Crippen molar-refractivity contribution in [3.8, 4) is 0 Å². The zero-order valence-corrected chi connectivity index (χ0v) is 11.7. The lowest BCUT2D eigenvalue weighted by molar-refractivity contribution is 0.0225. The van der Waals surface area contributed by atoms with Crippen molar-refractivity contribution >= 4 is 0 Å². The third kappa shape index (κ3) is 4.81. The van der Waals surface area contributed by atoms with Gasteiger partial charge in [0.25, 0.3) is 0 Å². The number of benzene rings is 1. The lowest BCUT2D eigenvalue weighted by Crippen LogP contribution is -2.30. The molecule has 0 aliphatic carbocycles. The first kappa shape index (κ1) is 14.8. The van der Waals surface area contributed by atoms with Gasteiger partial charge in [-0.05, 0) is 30.2 Å². The lowest BCUT2D eigenvalue weighted by Gasteiger charge is -2.12. The average molecular weight is 275 g/mol. The maximum atomic E-state index is 9.81. The number of furan rings is 1. The van der Waals surface area contributed by atoms with Crippen LogP contribution in [0.25, 0.3) is 0 Å². The van der Waals surface area contributed by atoms with Crippen molar-refractivity contribution in [3.05, 3.63) is 59.5 Å². The quantitative estimate of drug-likeness (QED) is 0.776. The molecule has 0 aliphatic rings. The first-order chi connectivity index (χ1) is 9.75. The SMILES string of the molecule is Cc1ccccc1CNCC(O)COCc1ccco1. The number of aliphatic hydroxyl groups is 1. The van der Waals surface area contributed by atoms with Crippen molar-refractivity contribution in [3.63, 3.8) is 0 Å². The fourth-order valence-corrected chi connectivity index (χ4v) is 1.93. The van der Waals surface area contributed by atoms with Gasteiger partial charge in [0.2, 0.25) is 0 Å². The van der Waals surface area contributed by atoms with Crippen LogP contribution in [0.15, 0.2) is 47.1 Å². The highest BCUT2D eigenvalue weighted by Gasteiger charge is 2.05. The predicted molar refractivity (Wildman–Crippen MR) is 77.3 cm³/mol. The minimum atomic E-state index is -0.519. The van der Waals surface area contributed by atoms with Crippen LogP contribution in [-0.4, -0.2) is 24.4 Å². The third-order valence-corrected chi connectivity index (χ3v) is 3.09. The monoisotopic (exact) mass is 275 g/mol. The Morgan fingerprint density at radius 1 is 1.25 bits per heavy atom. The minimum Gasteiger partial charge on any atom is -0.467 e. The van der Waals surface area contributed by atoms with Crippen LogP contribution in [0, 0.1) is 6.92 Å². The van der Waals surface area contributed by atoms with E-state index in [2.05, 4.69) is 24.4 Å². The van der Waals surface area contributed by atoms with E-state index in [9.17, 15) is 5.11 Å². The molecule has 20 heavy (non-hydrogen) atoms. The molecule has 0 amide bonds. The summed E-state index contributed by atoms with van der Waals surface area (Å²) in [4.78, 5) is 0. The highest BCUT2D eigenvalue weighted by Crippen LogP contribution is 2.06. The Hall–Kier alpha value is -1.62. The predicted octanol–water partition coefficient (Wildman–Crippen LogP) is 2.26. The zero-order valence-electron chi connectivity index (χ0n) is 11.7. The van der Waals surface area contributed by atoms with Gasteiger partial charge in [-0.3, -0.25) is 0 Å². The molecule has 1 atom stereocenters. The first-order valence-corrected chi connectivity index (χ1v) is 6.79. The van der Waals surface area contributed by atoms with Crippen molar-refractivity contribution in [1.29, 1.82) is 0 Å². The van der Waals surface area contributed by atoms with Crippen molar-refractivity contribution < 1.29 is 14.3 Å². The van der Waals surface area contributed by atoms with E-state index < -0.39 is 6.10 Å². The summed E-state index contributed by atoms with van der Waals surface area (Å²) in [5.74, 6) is 0.769. The van der Waals surface area contributed by atoms with Crippen LogP contribution in [-0.2, 0) is 17.9 Å². The maximum Gasteiger partial charge on any atom is 0.129 e. The van der Waals surface area contributed by atoms with Crippen molar-refractivity contribution in [2.45, 2.75) is 26.2 Å². The third-order valence-electron chi connectivity index (χ3n) is 3.09. The Balaban J connectivity index is 1.60. The second kappa shape index (κ2) is 7.85. The largest absolute Gasteiger partial charge is 0.467 e. The summed E-state index contributed by atoms with van der Waals surface area (Å²) < 4.78 is 10.5. The molecule has 0 bridgehead atoms. The van der Waals surface area contributed by atoms with Crippen molar-refractivity contribution in [2.24, 2.45) is 0 Å². The van der Waals surface area contributed by atoms with Gasteiger partial charge in [0.15, 0.2) is 0 Å². The van der Waals surface area contributed by atoms with Gasteiger partial charge in [0.05, 0.1) is 19.0 Å². The molecular formula is C16H21NO3. The molecule has 0 aliphatic heterocycles. The average Bonchev–Trinajstić information content (AvgIpc) is 2.94. The Bertz CT molecular complexity index is 496. The van der Waals surface area contributed by atoms with Crippen LogP contribution in [0.4, 0.5) is 0 Å². The summed E-state index contributed by atoms with van der Waals surface area (Å²) in [6, 6.07) is 11.9. The van der Waals surface area contributed by atoms with Gasteiger partial charge in [0, 0.05) is 13.1 Å². The van der Waals surface area contributed by atoms with Crippen molar-refractivity contribution in [1.82, 2.24) is 5.32 Å². The zero-order chi connectivity index (χ0) is 14.2. The van der Waals surface area contributed by atoms with Crippen LogP contribution in [0.5, 0.6) is 0 Å². The maximum absolute atomic E-state index is 9.81.